The van der Waals surface area contributed by atoms with Crippen LogP contribution in [0.15, 0.2) is 0 Å². The van der Waals surface area contributed by atoms with E-state index in [1.807, 2.05) is 13.8 Å². The maximum atomic E-state index is 13.6. The molecular weight excluding hydrogens is 226 g/mol. The molecule has 1 amide bonds. The van der Waals surface area contributed by atoms with Crippen molar-refractivity contribution in [1.82, 2.24) is 9.80 Å². The summed E-state index contributed by atoms with van der Waals surface area (Å²) in [5.74, 6) is -0.753. The predicted molar refractivity (Wildman–Crippen MR) is 64.9 cm³/mol. The lowest BCUT2D eigenvalue weighted by Crippen LogP contribution is -2.48. The molecule has 0 aromatic carbocycles. The number of carbonyl (C=O) groups excluding carboxylic acids is 1. The fourth-order valence-electron chi connectivity index (χ4n) is 1.52. The third-order valence-corrected chi connectivity index (χ3v) is 2.64. The molecule has 17 heavy (non-hydrogen) atoms. The van der Waals surface area contributed by atoms with Crippen molar-refractivity contribution in [1.29, 1.82) is 0 Å². The molecule has 102 valence electrons. The van der Waals surface area contributed by atoms with E-state index < -0.39 is 12.0 Å². The van der Waals surface area contributed by atoms with Crippen LogP contribution in [0.1, 0.15) is 27.7 Å². The Labute approximate surface area is 103 Å². The number of nitrogens with zero attached hydrogens (tertiary/aromatic N) is 2. The Morgan fingerprint density at radius 1 is 1.18 bits per heavy atom. The molecule has 3 nitrogen and oxygen atoms in total. The summed E-state index contributed by atoms with van der Waals surface area (Å²) in [6.07, 6.45) is 0. The third kappa shape index (κ3) is 4.98. The predicted octanol–water partition coefficient (Wildman–Crippen LogP) is 2.28. The Kier molecular flexibility index (Phi) is 6.02. The fourth-order valence-corrected chi connectivity index (χ4v) is 1.52. The highest BCUT2D eigenvalue weighted by molar-refractivity contribution is 5.78. The van der Waals surface area contributed by atoms with Crippen LogP contribution in [0.25, 0.3) is 0 Å². The van der Waals surface area contributed by atoms with Gasteiger partial charge in [-0.1, -0.05) is 27.7 Å². The summed E-state index contributed by atoms with van der Waals surface area (Å²) >= 11 is 0. The molecule has 0 aliphatic rings. The second-order valence-corrected chi connectivity index (χ2v) is 5.27. The number of alkyl halides is 2. The number of likely N-dealkylation sites (N-methyl/N-ethyl adjacent to an activating group) is 2. The molecule has 0 radical (unpaired) electrons. The van der Waals surface area contributed by atoms with Gasteiger partial charge in [-0.15, -0.1) is 0 Å². The van der Waals surface area contributed by atoms with Gasteiger partial charge in [0.25, 0.3) is 0 Å². The number of hydrogen-bond acceptors (Lipinski definition) is 2. The van der Waals surface area contributed by atoms with Crippen molar-refractivity contribution in [3.05, 3.63) is 0 Å². The van der Waals surface area contributed by atoms with Crippen LogP contribution in [0, 0.1) is 11.8 Å². The molecule has 5 heteroatoms. The molecule has 0 aliphatic heterocycles. The maximum absolute atomic E-state index is 13.6. The molecule has 0 fully saturated rings. The molecular formula is C12H24F2N2O. The minimum atomic E-state index is -2.95. The number of amides is 1. The largest absolute Gasteiger partial charge is 0.344 e. The Morgan fingerprint density at radius 3 is 2.00 bits per heavy atom. The molecule has 0 heterocycles. The second kappa shape index (κ2) is 6.28. The van der Waals surface area contributed by atoms with Gasteiger partial charge in [-0.25, -0.2) is 4.90 Å². The molecule has 0 aromatic rings. The van der Waals surface area contributed by atoms with Gasteiger partial charge in [-0.05, 0) is 13.0 Å². The first kappa shape index (κ1) is 16.3. The summed E-state index contributed by atoms with van der Waals surface area (Å²) in [6.45, 7) is 7.18. The van der Waals surface area contributed by atoms with Gasteiger partial charge in [0, 0.05) is 19.5 Å². The summed E-state index contributed by atoms with van der Waals surface area (Å²) in [4.78, 5) is 14.0. The molecule has 0 spiro atoms. The van der Waals surface area contributed by atoms with E-state index in [1.165, 1.54) is 25.8 Å². The van der Waals surface area contributed by atoms with Gasteiger partial charge in [-0.2, -0.15) is 8.78 Å². The van der Waals surface area contributed by atoms with Crippen LogP contribution in [-0.4, -0.2) is 48.9 Å². The lowest BCUT2D eigenvalue weighted by molar-refractivity contribution is -0.175. The molecule has 0 saturated carbocycles. The molecule has 0 aliphatic carbocycles. The van der Waals surface area contributed by atoms with Gasteiger partial charge in [0.05, 0.1) is 6.54 Å². The highest BCUT2D eigenvalue weighted by Gasteiger charge is 2.39. The van der Waals surface area contributed by atoms with Crippen molar-refractivity contribution < 1.29 is 13.6 Å². The maximum Gasteiger partial charge on any atom is 0.307 e. The second-order valence-electron chi connectivity index (χ2n) is 5.27. The number of rotatable bonds is 6. The summed E-state index contributed by atoms with van der Waals surface area (Å²) < 4.78 is 27.2. The summed E-state index contributed by atoms with van der Waals surface area (Å²) in [7, 11) is 2.92. The van der Waals surface area contributed by atoms with Crippen molar-refractivity contribution >= 4 is 5.91 Å². The van der Waals surface area contributed by atoms with Crippen LogP contribution in [-0.2, 0) is 4.79 Å². The zero-order chi connectivity index (χ0) is 13.8. The summed E-state index contributed by atoms with van der Waals surface area (Å²) in [5.41, 5.74) is 0. The molecule has 0 N–H and O–H groups in total. The number of halogens is 2. The highest BCUT2D eigenvalue weighted by atomic mass is 19.3. The Hall–Kier alpha value is -0.710. The van der Waals surface area contributed by atoms with E-state index in [1.54, 1.807) is 7.05 Å². The van der Waals surface area contributed by atoms with Crippen molar-refractivity contribution in [3.63, 3.8) is 0 Å². The SMILES string of the molecule is CC(C)CN(C)C(=O)CN(C)C(F)(F)C(C)C. The van der Waals surface area contributed by atoms with Gasteiger partial charge < -0.3 is 4.90 Å². The van der Waals surface area contributed by atoms with Crippen molar-refractivity contribution in [3.8, 4) is 0 Å². The topological polar surface area (TPSA) is 23.6 Å². The van der Waals surface area contributed by atoms with Gasteiger partial charge in [0.1, 0.15) is 0 Å². The normalized spacial score (nSPS) is 12.6. The van der Waals surface area contributed by atoms with Crippen LogP contribution in [0.4, 0.5) is 8.78 Å². The Morgan fingerprint density at radius 2 is 1.65 bits per heavy atom. The molecule has 0 saturated heterocycles. The molecule has 0 aromatic heterocycles. The molecule has 0 atom stereocenters. The van der Waals surface area contributed by atoms with Gasteiger partial charge in [-0.3, -0.25) is 4.79 Å². The summed E-state index contributed by atoms with van der Waals surface area (Å²) in [5, 5.41) is 0. The monoisotopic (exact) mass is 250 g/mol. The molecule has 0 bridgehead atoms. The van der Waals surface area contributed by atoms with Crippen molar-refractivity contribution in [2.45, 2.75) is 33.7 Å². The van der Waals surface area contributed by atoms with Crippen LogP contribution < -0.4 is 0 Å². The zero-order valence-electron chi connectivity index (χ0n) is 11.6. The smallest absolute Gasteiger partial charge is 0.307 e. The molecule has 0 unspecified atom stereocenters. The van der Waals surface area contributed by atoms with E-state index >= 15 is 0 Å². The van der Waals surface area contributed by atoms with Crippen molar-refractivity contribution in [2.75, 3.05) is 27.2 Å². The Balaban J connectivity index is 4.39. The van der Waals surface area contributed by atoms with Gasteiger partial charge in [0.15, 0.2) is 0 Å². The first-order valence-corrected chi connectivity index (χ1v) is 5.92. The average molecular weight is 250 g/mol. The van der Waals surface area contributed by atoms with Crippen LogP contribution in [0.2, 0.25) is 0 Å². The third-order valence-electron chi connectivity index (χ3n) is 2.64. The first-order chi connectivity index (χ1) is 7.59. The average Bonchev–Trinajstić information content (AvgIpc) is 2.15. The van der Waals surface area contributed by atoms with E-state index in [9.17, 15) is 13.6 Å². The van der Waals surface area contributed by atoms with E-state index in [2.05, 4.69) is 0 Å². The summed E-state index contributed by atoms with van der Waals surface area (Å²) in [6, 6.07) is -2.95. The fraction of sp³-hybridized carbons (Fsp3) is 0.917. The quantitative estimate of drug-likeness (QED) is 0.675. The lowest BCUT2D eigenvalue weighted by Gasteiger charge is -2.31. The van der Waals surface area contributed by atoms with Crippen LogP contribution in [0.3, 0.4) is 0 Å². The van der Waals surface area contributed by atoms with E-state index in [0.717, 1.165) is 4.90 Å². The number of hydrogen-bond donors (Lipinski definition) is 0. The minimum absolute atomic E-state index is 0.256. The minimum Gasteiger partial charge on any atom is -0.344 e. The van der Waals surface area contributed by atoms with Gasteiger partial charge in [0.2, 0.25) is 5.91 Å². The van der Waals surface area contributed by atoms with E-state index in [-0.39, 0.29) is 12.5 Å². The Bertz CT molecular complexity index is 255. The van der Waals surface area contributed by atoms with E-state index in [0.29, 0.717) is 12.5 Å². The van der Waals surface area contributed by atoms with Crippen LogP contribution >= 0.6 is 0 Å². The highest BCUT2D eigenvalue weighted by Crippen LogP contribution is 2.26. The molecule has 0 rings (SSSR count). The first-order valence-electron chi connectivity index (χ1n) is 5.92. The zero-order valence-corrected chi connectivity index (χ0v) is 11.6. The van der Waals surface area contributed by atoms with Crippen molar-refractivity contribution in [2.24, 2.45) is 11.8 Å². The number of carbonyl (C=O) groups is 1. The van der Waals surface area contributed by atoms with E-state index in [4.69, 9.17) is 0 Å². The standard InChI is InChI=1S/C12H24F2N2O/c1-9(2)7-15(5)11(17)8-16(6)12(13,14)10(3)4/h9-10H,7-8H2,1-6H3. The van der Waals surface area contributed by atoms with Crippen LogP contribution in [0.5, 0.6) is 0 Å². The lowest BCUT2D eigenvalue weighted by atomic mass is 10.1. The van der Waals surface area contributed by atoms with Gasteiger partial charge >= 0.3 is 6.05 Å².